The van der Waals surface area contributed by atoms with Crippen molar-refractivity contribution in [3.63, 3.8) is 0 Å². The molecule has 2 unspecified atom stereocenters. The summed E-state index contributed by atoms with van der Waals surface area (Å²) in [6.07, 6.45) is 3.34. The first-order valence-electron chi connectivity index (χ1n) is 6.55. The second-order valence-electron chi connectivity index (χ2n) is 6.49. The van der Waals surface area contributed by atoms with E-state index in [1.165, 1.54) is 6.42 Å². The molecule has 2 saturated carbocycles. The Bertz CT molecular complexity index is 374. The molecule has 1 heterocycles. The van der Waals surface area contributed by atoms with Gasteiger partial charge in [0.25, 0.3) is 0 Å². The smallest absolute Gasteiger partial charge is 0.245 e. The minimum Gasteiger partial charge on any atom is -0.342 e. The average Bonchev–Trinajstić information content (AvgIpc) is 3.11. The van der Waals surface area contributed by atoms with Crippen LogP contribution in [0.1, 0.15) is 33.1 Å². The lowest BCUT2D eigenvalue weighted by molar-refractivity contribution is -0.145. The first kappa shape index (κ1) is 11.1. The van der Waals surface area contributed by atoms with Gasteiger partial charge >= 0.3 is 0 Å². The lowest BCUT2D eigenvalue weighted by Gasteiger charge is -2.33. The standard InChI is InChI=1S/C13H20N2O2/c1-13(2)5-9(13)6-15-7-10(16)14-11(12(15)17)8-3-4-8/h8-9,11H,3-7H2,1-2H3,(H,14,16). The van der Waals surface area contributed by atoms with Crippen molar-refractivity contribution in [1.29, 1.82) is 0 Å². The second kappa shape index (κ2) is 3.47. The van der Waals surface area contributed by atoms with Crippen molar-refractivity contribution in [3.8, 4) is 0 Å². The molecule has 17 heavy (non-hydrogen) atoms. The Morgan fingerprint density at radius 1 is 1.35 bits per heavy atom. The van der Waals surface area contributed by atoms with Gasteiger partial charge in [-0.1, -0.05) is 13.8 Å². The lowest BCUT2D eigenvalue weighted by atomic mass is 10.1. The average molecular weight is 236 g/mol. The van der Waals surface area contributed by atoms with Gasteiger partial charge in [-0.3, -0.25) is 9.59 Å². The van der Waals surface area contributed by atoms with E-state index in [1.807, 2.05) is 0 Å². The molecule has 1 aliphatic heterocycles. The minimum absolute atomic E-state index is 0.0138. The third kappa shape index (κ3) is 2.05. The van der Waals surface area contributed by atoms with Crippen molar-refractivity contribution in [3.05, 3.63) is 0 Å². The molecule has 0 spiro atoms. The fourth-order valence-corrected chi connectivity index (χ4v) is 2.79. The number of nitrogens with zero attached hydrogens (tertiary/aromatic N) is 1. The largest absolute Gasteiger partial charge is 0.342 e. The number of hydrogen-bond acceptors (Lipinski definition) is 2. The number of nitrogens with one attached hydrogen (secondary N) is 1. The van der Waals surface area contributed by atoms with Gasteiger partial charge in [0.05, 0.1) is 6.54 Å². The Hall–Kier alpha value is -1.06. The molecule has 0 aromatic rings. The number of amides is 2. The molecule has 2 atom stereocenters. The number of hydrogen-bond donors (Lipinski definition) is 1. The summed E-state index contributed by atoms with van der Waals surface area (Å²) in [5.41, 5.74) is 0.364. The third-order valence-corrected chi connectivity index (χ3v) is 4.48. The van der Waals surface area contributed by atoms with Gasteiger partial charge in [0.15, 0.2) is 0 Å². The molecule has 4 heteroatoms. The Labute approximate surface area is 102 Å². The summed E-state index contributed by atoms with van der Waals surface area (Å²) in [6.45, 7) is 5.48. The molecular formula is C13H20N2O2. The van der Waals surface area contributed by atoms with Crippen LogP contribution >= 0.6 is 0 Å². The predicted molar refractivity (Wildman–Crippen MR) is 63.1 cm³/mol. The van der Waals surface area contributed by atoms with Gasteiger partial charge < -0.3 is 10.2 Å². The highest BCUT2D eigenvalue weighted by Crippen LogP contribution is 2.52. The van der Waals surface area contributed by atoms with E-state index >= 15 is 0 Å². The topological polar surface area (TPSA) is 49.4 Å². The molecule has 1 N–H and O–H groups in total. The van der Waals surface area contributed by atoms with Crippen LogP contribution in [-0.4, -0.2) is 35.8 Å². The van der Waals surface area contributed by atoms with E-state index in [2.05, 4.69) is 19.2 Å². The maximum Gasteiger partial charge on any atom is 0.245 e. The zero-order chi connectivity index (χ0) is 12.2. The summed E-state index contributed by atoms with van der Waals surface area (Å²) in [7, 11) is 0. The van der Waals surface area contributed by atoms with Crippen molar-refractivity contribution in [2.45, 2.75) is 39.2 Å². The van der Waals surface area contributed by atoms with Crippen molar-refractivity contribution >= 4 is 11.8 Å². The third-order valence-electron chi connectivity index (χ3n) is 4.48. The molecule has 0 aromatic carbocycles. The van der Waals surface area contributed by atoms with E-state index in [0.29, 0.717) is 17.3 Å². The van der Waals surface area contributed by atoms with Crippen molar-refractivity contribution in [2.75, 3.05) is 13.1 Å². The molecule has 4 nitrogen and oxygen atoms in total. The second-order valence-corrected chi connectivity index (χ2v) is 6.49. The van der Waals surface area contributed by atoms with E-state index in [4.69, 9.17) is 0 Å². The van der Waals surface area contributed by atoms with E-state index < -0.39 is 0 Å². The van der Waals surface area contributed by atoms with Gasteiger partial charge in [-0.2, -0.15) is 0 Å². The molecular weight excluding hydrogens is 216 g/mol. The van der Waals surface area contributed by atoms with Crippen LogP contribution in [0.2, 0.25) is 0 Å². The van der Waals surface area contributed by atoms with Gasteiger partial charge in [0, 0.05) is 6.54 Å². The Balaban J connectivity index is 1.66. The highest BCUT2D eigenvalue weighted by atomic mass is 16.2. The first-order chi connectivity index (χ1) is 7.97. The molecule has 0 radical (unpaired) electrons. The van der Waals surface area contributed by atoms with Gasteiger partial charge in [0.1, 0.15) is 6.04 Å². The van der Waals surface area contributed by atoms with Crippen LogP contribution in [0.25, 0.3) is 0 Å². The zero-order valence-corrected chi connectivity index (χ0v) is 10.5. The summed E-state index contributed by atoms with van der Waals surface area (Å²) in [5, 5.41) is 2.84. The Kier molecular flexibility index (Phi) is 2.25. The maximum absolute atomic E-state index is 12.2. The van der Waals surface area contributed by atoms with Crippen LogP contribution in [0.3, 0.4) is 0 Å². The van der Waals surface area contributed by atoms with Crippen molar-refractivity contribution in [2.24, 2.45) is 17.3 Å². The molecule has 3 rings (SSSR count). The molecule has 3 aliphatic rings. The lowest BCUT2D eigenvalue weighted by Crippen LogP contribution is -2.59. The summed E-state index contributed by atoms with van der Waals surface area (Å²) in [4.78, 5) is 25.6. The molecule has 2 amide bonds. The fourth-order valence-electron chi connectivity index (χ4n) is 2.79. The normalized spacial score (nSPS) is 35.8. The number of piperazine rings is 1. The van der Waals surface area contributed by atoms with Crippen molar-refractivity contribution in [1.82, 2.24) is 10.2 Å². The van der Waals surface area contributed by atoms with Gasteiger partial charge in [-0.05, 0) is 36.5 Å². The van der Waals surface area contributed by atoms with Gasteiger partial charge in [-0.25, -0.2) is 0 Å². The van der Waals surface area contributed by atoms with Crippen LogP contribution in [0, 0.1) is 17.3 Å². The van der Waals surface area contributed by atoms with Crippen molar-refractivity contribution < 1.29 is 9.59 Å². The highest BCUT2D eigenvalue weighted by molar-refractivity contribution is 5.95. The fraction of sp³-hybridized carbons (Fsp3) is 0.846. The number of rotatable bonds is 3. The molecule has 0 bridgehead atoms. The predicted octanol–water partition coefficient (Wildman–Crippen LogP) is 0.769. The Morgan fingerprint density at radius 3 is 2.53 bits per heavy atom. The SMILES string of the molecule is CC1(C)CC1CN1CC(=O)NC(C2CC2)C1=O. The highest BCUT2D eigenvalue weighted by Gasteiger charge is 2.49. The van der Waals surface area contributed by atoms with E-state index in [1.54, 1.807) is 4.90 Å². The number of carbonyl (C=O) groups excluding carboxylic acids is 2. The van der Waals surface area contributed by atoms with Gasteiger partial charge in [-0.15, -0.1) is 0 Å². The maximum atomic E-state index is 12.2. The molecule has 1 saturated heterocycles. The minimum atomic E-state index is -0.224. The van der Waals surface area contributed by atoms with E-state index in [-0.39, 0.29) is 24.4 Å². The molecule has 0 aromatic heterocycles. The number of carbonyl (C=O) groups is 2. The van der Waals surface area contributed by atoms with Gasteiger partial charge in [0.2, 0.25) is 11.8 Å². The first-order valence-corrected chi connectivity index (χ1v) is 6.55. The van der Waals surface area contributed by atoms with Crippen LogP contribution in [0.4, 0.5) is 0 Å². The summed E-state index contributed by atoms with van der Waals surface area (Å²) in [5.74, 6) is 1.15. The van der Waals surface area contributed by atoms with E-state index in [9.17, 15) is 9.59 Å². The molecule has 3 fully saturated rings. The zero-order valence-electron chi connectivity index (χ0n) is 10.5. The summed E-state index contributed by atoms with van der Waals surface area (Å²) >= 11 is 0. The van der Waals surface area contributed by atoms with E-state index in [0.717, 1.165) is 19.4 Å². The monoisotopic (exact) mass is 236 g/mol. The quantitative estimate of drug-likeness (QED) is 0.787. The summed E-state index contributed by atoms with van der Waals surface area (Å²) < 4.78 is 0. The molecule has 2 aliphatic carbocycles. The van der Waals surface area contributed by atoms with Crippen LogP contribution in [-0.2, 0) is 9.59 Å². The van der Waals surface area contributed by atoms with Crippen LogP contribution in [0.15, 0.2) is 0 Å². The summed E-state index contributed by atoms with van der Waals surface area (Å²) in [6, 6.07) is -0.224. The molecule has 94 valence electrons. The van der Waals surface area contributed by atoms with Crippen LogP contribution in [0.5, 0.6) is 0 Å². The van der Waals surface area contributed by atoms with Crippen LogP contribution < -0.4 is 5.32 Å². The Morgan fingerprint density at radius 2 is 2.00 bits per heavy atom.